The van der Waals surface area contributed by atoms with Crippen LogP contribution >= 0.6 is 0 Å². The molecule has 1 N–H and O–H groups in total. The maximum Gasteiger partial charge on any atom is 0.286 e. The Labute approximate surface area is 142 Å². The lowest BCUT2D eigenvalue weighted by Gasteiger charge is -2.28. The molecule has 24 heavy (non-hydrogen) atoms. The quantitative estimate of drug-likeness (QED) is 0.794. The Bertz CT molecular complexity index is 681. The summed E-state index contributed by atoms with van der Waals surface area (Å²) in [5.41, 5.74) is 2.89. The van der Waals surface area contributed by atoms with E-state index in [-0.39, 0.29) is 5.91 Å². The van der Waals surface area contributed by atoms with Crippen molar-refractivity contribution < 1.29 is 13.9 Å². The first-order chi connectivity index (χ1) is 11.8. The van der Waals surface area contributed by atoms with Crippen LogP contribution in [0.5, 0.6) is 0 Å². The SMILES string of the molecule is COCc1ccc(C(=O)NCCCN2CCc3ccccc3C2)o1. The summed E-state index contributed by atoms with van der Waals surface area (Å²) < 4.78 is 10.4. The number of ether oxygens (including phenoxy) is 1. The third-order valence-corrected chi connectivity index (χ3v) is 4.32. The minimum atomic E-state index is -0.165. The van der Waals surface area contributed by atoms with Crippen LogP contribution in [0.4, 0.5) is 0 Å². The number of benzene rings is 1. The Morgan fingerprint density at radius 3 is 2.92 bits per heavy atom. The highest BCUT2D eigenvalue weighted by atomic mass is 16.5. The molecule has 1 amide bonds. The third-order valence-electron chi connectivity index (χ3n) is 4.32. The van der Waals surface area contributed by atoms with Gasteiger partial charge in [0.1, 0.15) is 12.4 Å². The number of fused-ring (bicyclic) bond motifs is 1. The molecule has 0 saturated carbocycles. The first-order valence-electron chi connectivity index (χ1n) is 8.41. The molecule has 0 atom stereocenters. The monoisotopic (exact) mass is 328 g/mol. The van der Waals surface area contributed by atoms with E-state index in [0.717, 1.165) is 32.5 Å². The van der Waals surface area contributed by atoms with Gasteiger partial charge in [-0.1, -0.05) is 24.3 Å². The topological polar surface area (TPSA) is 54.7 Å². The highest BCUT2D eigenvalue weighted by Gasteiger charge is 2.15. The normalized spacial score (nSPS) is 14.4. The van der Waals surface area contributed by atoms with Gasteiger partial charge >= 0.3 is 0 Å². The minimum absolute atomic E-state index is 0.165. The van der Waals surface area contributed by atoms with Crippen LogP contribution in [0.15, 0.2) is 40.8 Å². The fourth-order valence-corrected chi connectivity index (χ4v) is 3.06. The maximum absolute atomic E-state index is 12.0. The molecule has 0 radical (unpaired) electrons. The summed E-state index contributed by atoms with van der Waals surface area (Å²) in [4.78, 5) is 14.5. The zero-order chi connectivity index (χ0) is 16.8. The van der Waals surface area contributed by atoms with Gasteiger partial charge in [-0.3, -0.25) is 9.69 Å². The van der Waals surface area contributed by atoms with Crippen LogP contribution in [-0.4, -0.2) is 37.6 Å². The van der Waals surface area contributed by atoms with Crippen molar-refractivity contribution in [3.8, 4) is 0 Å². The van der Waals surface area contributed by atoms with Gasteiger partial charge in [0.25, 0.3) is 5.91 Å². The predicted octanol–water partition coefficient (Wildman–Crippen LogP) is 2.60. The van der Waals surface area contributed by atoms with E-state index in [1.165, 1.54) is 11.1 Å². The second-order valence-electron chi connectivity index (χ2n) is 6.10. The standard InChI is InChI=1S/C19H24N2O3/c1-23-14-17-7-8-18(24-17)19(22)20-10-4-11-21-12-9-15-5-2-3-6-16(15)13-21/h2-3,5-8H,4,9-14H2,1H3,(H,20,22). The van der Waals surface area contributed by atoms with Crippen LogP contribution in [0.2, 0.25) is 0 Å². The lowest BCUT2D eigenvalue weighted by Crippen LogP contribution is -2.33. The molecule has 1 aromatic heterocycles. The van der Waals surface area contributed by atoms with Crippen molar-refractivity contribution in [1.29, 1.82) is 0 Å². The Morgan fingerprint density at radius 2 is 2.08 bits per heavy atom. The molecule has 0 saturated heterocycles. The first kappa shape index (κ1) is 16.7. The van der Waals surface area contributed by atoms with E-state index >= 15 is 0 Å². The van der Waals surface area contributed by atoms with E-state index in [1.807, 2.05) is 0 Å². The number of furan rings is 1. The van der Waals surface area contributed by atoms with Crippen molar-refractivity contribution in [1.82, 2.24) is 10.2 Å². The number of amides is 1. The molecule has 1 aromatic carbocycles. The van der Waals surface area contributed by atoms with E-state index in [9.17, 15) is 4.79 Å². The Balaban J connectivity index is 1.38. The van der Waals surface area contributed by atoms with Crippen LogP contribution in [0.1, 0.15) is 33.9 Å². The highest BCUT2D eigenvalue weighted by Crippen LogP contribution is 2.18. The third kappa shape index (κ3) is 4.24. The van der Waals surface area contributed by atoms with Gasteiger partial charge in [0.05, 0.1) is 0 Å². The number of hydrogen-bond donors (Lipinski definition) is 1. The summed E-state index contributed by atoms with van der Waals surface area (Å²) in [5.74, 6) is 0.838. The van der Waals surface area contributed by atoms with Crippen LogP contribution in [0, 0.1) is 0 Å². The van der Waals surface area contributed by atoms with Crippen molar-refractivity contribution in [2.24, 2.45) is 0 Å². The number of hydrogen-bond acceptors (Lipinski definition) is 4. The van der Waals surface area contributed by atoms with Crippen LogP contribution in [0.25, 0.3) is 0 Å². The van der Waals surface area contributed by atoms with E-state index < -0.39 is 0 Å². The van der Waals surface area contributed by atoms with Crippen molar-refractivity contribution >= 4 is 5.91 Å². The summed E-state index contributed by atoms with van der Waals surface area (Å²) in [5, 5.41) is 2.91. The molecule has 0 fully saturated rings. The fourth-order valence-electron chi connectivity index (χ4n) is 3.06. The van der Waals surface area contributed by atoms with E-state index in [1.54, 1.807) is 19.2 Å². The molecule has 5 nitrogen and oxygen atoms in total. The molecule has 2 aromatic rings. The zero-order valence-corrected chi connectivity index (χ0v) is 14.1. The summed E-state index contributed by atoms with van der Waals surface area (Å²) >= 11 is 0. The first-order valence-corrected chi connectivity index (χ1v) is 8.41. The fraction of sp³-hybridized carbons (Fsp3) is 0.421. The lowest BCUT2D eigenvalue weighted by molar-refractivity contribution is 0.0915. The average molecular weight is 328 g/mol. The van der Waals surface area contributed by atoms with Crippen molar-refractivity contribution in [3.05, 3.63) is 59.0 Å². The van der Waals surface area contributed by atoms with Crippen LogP contribution in [-0.2, 0) is 24.3 Å². The van der Waals surface area contributed by atoms with Gasteiger partial charge < -0.3 is 14.5 Å². The van der Waals surface area contributed by atoms with Crippen molar-refractivity contribution in [3.63, 3.8) is 0 Å². The van der Waals surface area contributed by atoms with Gasteiger partial charge in [-0.05, 0) is 36.1 Å². The van der Waals surface area contributed by atoms with Gasteiger partial charge in [0.15, 0.2) is 5.76 Å². The van der Waals surface area contributed by atoms with Gasteiger partial charge in [-0.25, -0.2) is 0 Å². The number of carbonyl (C=O) groups is 1. The molecule has 1 aliphatic heterocycles. The molecule has 2 heterocycles. The molecule has 0 spiro atoms. The molecule has 1 aliphatic rings. The summed E-state index contributed by atoms with van der Waals surface area (Å²) in [7, 11) is 1.60. The van der Waals surface area contributed by atoms with Gasteiger partial charge in [-0.15, -0.1) is 0 Å². The number of rotatable bonds is 7. The summed E-state index contributed by atoms with van der Waals surface area (Å²) in [6, 6.07) is 12.1. The molecule has 0 bridgehead atoms. The van der Waals surface area contributed by atoms with E-state index in [4.69, 9.17) is 9.15 Å². The molecular weight excluding hydrogens is 304 g/mol. The van der Waals surface area contributed by atoms with Crippen LogP contribution < -0.4 is 5.32 Å². The molecule has 128 valence electrons. The number of methoxy groups -OCH3 is 1. The van der Waals surface area contributed by atoms with Gasteiger partial charge in [0, 0.05) is 33.3 Å². The second-order valence-corrected chi connectivity index (χ2v) is 6.10. The summed E-state index contributed by atoms with van der Waals surface area (Å²) in [6.07, 6.45) is 2.04. The van der Waals surface area contributed by atoms with Crippen molar-refractivity contribution in [2.45, 2.75) is 26.0 Å². The number of nitrogens with zero attached hydrogens (tertiary/aromatic N) is 1. The average Bonchev–Trinajstić information content (AvgIpc) is 3.07. The van der Waals surface area contributed by atoms with Crippen molar-refractivity contribution in [2.75, 3.05) is 26.7 Å². The van der Waals surface area contributed by atoms with Gasteiger partial charge in [0.2, 0.25) is 0 Å². The maximum atomic E-state index is 12.0. The second kappa shape index (κ2) is 8.13. The molecule has 0 aliphatic carbocycles. The molecule has 5 heteroatoms. The van der Waals surface area contributed by atoms with E-state index in [0.29, 0.717) is 24.7 Å². The zero-order valence-electron chi connectivity index (χ0n) is 14.1. The molecular formula is C19H24N2O3. The largest absolute Gasteiger partial charge is 0.453 e. The predicted molar refractivity (Wildman–Crippen MR) is 91.8 cm³/mol. The van der Waals surface area contributed by atoms with Crippen LogP contribution in [0.3, 0.4) is 0 Å². The van der Waals surface area contributed by atoms with E-state index in [2.05, 4.69) is 34.5 Å². The highest BCUT2D eigenvalue weighted by molar-refractivity contribution is 5.91. The lowest BCUT2D eigenvalue weighted by atomic mass is 10.00. The molecule has 3 rings (SSSR count). The Hall–Kier alpha value is -2.11. The minimum Gasteiger partial charge on any atom is -0.453 e. The summed E-state index contributed by atoms with van der Waals surface area (Å²) in [6.45, 7) is 4.11. The smallest absolute Gasteiger partial charge is 0.286 e. The van der Waals surface area contributed by atoms with Gasteiger partial charge in [-0.2, -0.15) is 0 Å². The Morgan fingerprint density at radius 1 is 1.25 bits per heavy atom. The Kier molecular flexibility index (Phi) is 5.67. The molecule has 0 unspecified atom stereocenters. The number of carbonyl (C=O) groups excluding carboxylic acids is 1. The number of nitrogens with one attached hydrogen (secondary N) is 1.